The first-order valence-electron chi connectivity index (χ1n) is 9.47. The predicted molar refractivity (Wildman–Crippen MR) is 112 cm³/mol. The number of aromatic nitrogens is 3. The van der Waals surface area contributed by atoms with E-state index in [1.54, 1.807) is 17.0 Å². The number of fused-ring (bicyclic) bond motifs is 1. The molecule has 1 aliphatic heterocycles. The second-order valence-corrected chi connectivity index (χ2v) is 9.38. The van der Waals surface area contributed by atoms with Crippen molar-refractivity contribution in [3.8, 4) is 0 Å². The van der Waals surface area contributed by atoms with Crippen molar-refractivity contribution in [3.05, 3.63) is 59.5 Å². The molecule has 1 aliphatic rings. The zero-order chi connectivity index (χ0) is 21.3. The summed E-state index contributed by atoms with van der Waals surface area (Å²) in [4.78, 5) is 14.5. The van der Waals surface area contributed by atoms with E-state index in [1.807, 2.05) is 35.7 Å². The van der Waals surface area contributed by atoms with Gasteiger partial charge in [0.2, 0.25) is 10.0 Å². The first kappa shape index (κ1) is 20.6. The average molecular weight is 449 g/mol. The van der Waals surface area contributed by atoms with Crippen molar-refractivity contribution in [2.24, 2.45) is 0 Å². The third-order valence-corrected chi connectivity index (χ3v) is 7.21. The van der Waals surface area contributed by atoms with Crippen LogP contribution >= 0.6 is 11.6 Å². The molecule has 1 N–H and O–H groups in total. The van der Waals surface area contributed by atoms with E-state index in [9.17, 15) is 13.2 Å². The molecule has 30 heavy (non-hydrogen) atoms. The van der Waals surface area contributed by atoms with Crippen LogP contribution in [0.25, 0.3) is 5.65 Å². The third kappa shape index (κ3) is 3.98. The Morgan fingerprint density at radius 3 is 2.47 bits per heavy atom. The lowest BCUT2D eigenvalue weighted by molar-refractivity contribution is 0.169. The summed E-state index contributed by atoms with van der Waals surface area (Å²) >= 11 is 5.84. The van der Waals surface area contributed by atoms with Gasteiger partial charge in [0.25, 0.3) is 0 Å². The fourth-order valence-corrected chi connectivity index (χ4v) is 4.93. The number of sulfonamides is 1. The van der Waals surface area contributed by atoms with E-state index in [-0.39, 0.29) is 30.1 Å². The Morgan fingerprint density at radius 1 is 1.07 bits per heavy atom. The first-order chi connectivity index (χ1) is 14.4. The summed E-state index contributed by atoms with van der Waals surface area (Å²) in [5, 5.41) is 11.7. The number of hydrogen-bond acceptors (Lipinski definition) is 5. The van der Waals surface area contributed by atoms with E-state index in [1.165, 1.54) is 16.4 Å². The lowest BCUT2D eigenvalue weighted by atomic mass is 10.3. The quantitative estimate of drug-likeness (QED) is 0.659. The van der Waals surface area contributed by atoms with Gasteiger partial charge in [0.1, 0.15) is 0 Å². The molecular weight excluding hydrogens is 428 g/mol. The van der Waals surface area contributed by atoms with Crippen molar-refractivity contribution in [1.29, 1.82) is 0 Å². The molecule has 1 unspecified atom stereocenters. The van der Waals surface area contributed by atoms with Crippen molar-refractivity contribution < 1.29 is 13.2 Å². The molecule has 158 valence electrons. The molecule has 1 saturated heterocycles. The third-order valence-electron chi connectivity index (χ3n) is 5.04. The van der Waals surface area contributed by atoms with Gasteiger partial charge in [0.15, 0.2) is 11.5 Å². The maximum absolute atomic E-state index is 12.8. The zero-order valence-electron chi connectivity index (χ0n) is 16.3. The molecule has 2 amide bonds. The minimum Gasteiger partial charge on any atom is -0.328 e. The number of hydrogen-bond donors (Lipinski definition) is 1. The van der Waals surface area contributed by atoms with Crippen LogP contribution in [-0.4, -0.2) is 64.4 Å². The Bertz CT molecular complexity index is 1160. The van der Waals surface area contributed by atoms with E-state index in [0.29, 0.717) is 29.6 Å². The fraction of sp³-hybridized carbons (Fsp3) is 0.316. The number of amides is 2. The SMILES string of the molecule is CC(NC(=O)N1CCN(S(=O)(=O)c2ccc(Cl)cc2)CC1)c1nnc2ccccn12. The van der Waals surface area contributed by atoms with Crippen molar-refractivity contribution in [3.63, 3.8) is 0 Å². The monoisotopic (exact) mass is 448 g/mol. The molecule has 0 bridgehead atoms. The average Bonchev–Trinajstić information content (AvgIpc) is 3.18. The van der Waals surface area contributed by atoms with Gasteiger partial charge in [0.05, 0.1) is 10.9 Å². The molecule has 9 nitrogen and oxygen atoms in total. The molecule has 4 rings (SSSR count). The minimum absolute atomic E-state index is 0.192. The molecule has 0 spiro atoms. The molecule has 3 heterocycles. The molecular formula is C19H21ClN6O3S. The number of nitrogens with one attached hydrogen (secondary N) is 1. The smallest absolute Gasteiger partial charge is 0.318 e. The number of piperazine rings is 1. The Morgan fingerprint density at radius 2 is 1.77 bits per heavy atom. The maximum Gasteiger partial charge on any atom is 0.318 e. The second kappa shape index (κ2) is 8.21. The maximum atomic E-state index is 12.8. The van der Waals surface area contributed by atoms with E-state index >= 15 is 0 Å². The van der Waals surface area contributed by atoms with Gasteiger partial charge in [-0.1, -0.05) is 17.7 Å². The van der Waals surface area contributed by atoms with Crippen LogP contribution < -0.4 is 5.32 Å². The summed E-state index contributed by atoms with van der Waals surface area (Å²) in [5.74, 6) is 0.628. The van der Waals surface area contributed by atoms with Gasteiger partial charge in [0, 0.05) is 37.4 Å². The summed E-state index contributed by atoms with van der Waals surface area (Å²) < 4.78 is 28.8. The number of urea groups is 1. The van der Waals surface area contributed by atoms with Crippen molar-refractivity contribution in [2.75, 3.05) is 26.2 Å². The van der Waals surface area contributed by atoms with Crippen molar-refractivity contribution >= 4 is 33.3 Å². The van der Waals surface area contributed by atoms with Crippen LogP contribution in [0, 0.1) is 0 Å². The highest BCUT2D eigenvalue weighted by molar-refractivity contribution is 7.89. The van der Waals surface area contributed by atoms with E-state index in [0.717, 1.165) is 0 Å². The number of carbonyl (C=O) groups is 1. The lowest BCUT2D eigenvalue weighted by Gasteiger charge is -2.34. The van der Waals surface area contributed by atoms with Crippen LogP contribution in [0.1, 0.15) is 18.8 Å². The highest BCUT2D eigenvalue weighted by Crippen LogP contribution is 2.20. The second-order valence-electron chi connectivity index (χ2n) is 7.00. The molecule has 1 aromatic carbocycles. The van der Waals surface area contributed by atoms with Gasteiger partial charge in [-0.3, -0.25) is 4.40 Å². The molecule has 11 heteroatoms. The summed E-state index contributed by atoms with van der Waals surface area (Å²) in [6, 6.07) is 11.0. The molecule has 0 aliphatic carbocycles. The Balaban J connectivity index is 1.38. The van der Waals surface area contributed by atoms with Crippen LogP contribution in [0.3, 0.4) is 0 Å². The predicted octanol–water partition coefficient (Wildman–Crippen LogP) is 2.16. The van der Waals surface area contributed by atoms with Crippen LogP contribution in [0.4, 0.5) is 4.79 Å². The van der Waals surface area contributed by atoms with Gasteiger partial charge < -0.3 is 10.2 Å². The number of carbonyl (C=O) groups excluding carboxylic acids is 1. The van der Waals surface area contributed by atoms with E-state index < -0.39 is 10.0 Å². The molecule has 2 aromatic heterocycles. The van der Waals surface area contributed by atoms with Crippen molar-refractivity contribution in [1.82, 2.24) is 29.1 Å². The number of nitrogens with zero attached hydrogens (tertiary/aromatic N) is 5. The Hall–Kier alpha value is -2.69. The molecule has 0 saturated carbocycles. The number of benzene rings is 1. The van der Waals surface area contributed by atoms with Gasteiger partial charge in [-0.2, -0.15) is 4.31 Å². The zero-order valence-corrected chi connectivity index (χ0v) is 17.8. The van der Waals surface area contributed by atoms with Crippen LogP contribution in [0.2, 0.25) is 5.02 Å². The highest BCUT2D eigenvalue weighted by atomic mass is 35.5. The normalized spacial score (nSPS) is 16.5. The molecule has 0 radical (unpaired) electrons. The number of halogens is 1. The fourth-order valence-electron chi connectivity index (χ4n) is 3.38. The van der Waals surface area contributed by atoms with Gasteiger partial charge in [-0.25, -0.2) is 13.2 Å². The Kier molecular flexibility index (Phi) is 5.63. The summed E-state index contributed by atoms with van der Waals surface area (Å²) in [7, 11) is -3.62. The summed E-state index contributed by atoms with van der Waals surface area (Å²) in [5.41, 5.74) is 0.703. The van der Waals surface area contributed by atoms with Crippen LogP contribution in [0.5, 0.6) is 0 Å². The highest BCUT2D eigenvalue weighted by Gasteiger charge is 2.30. The van der Waals surface area contributed by atoms with Crippen LogP contribution in [0.15, 0.2) is 53.6 Å². The van der Waals surface area contributed by atoms with Crippen molar-refractivity contribution in [2.45, 2.75) is 17.9 Å². The lowest BCUT2D eigenvalue weighted by Crippen LogP contribution is -2.53. The van der Waals surface area contributed by atoms with Gasteiger partial charge in [-0.05, 0) is 43.3 Å². The summed E-state index contributed by atoms with van der Waals surface area (Å²) in [6.45, 7) is 2.88. The Labute approximate surface area is 179 Å². The summed E-state index contributed by atoms with van der Waals surface area (Å²) in [6.07, 6.45) is 1.84. The van der Waals surface area contributed by atoms with E-state index in [4.69, 9.17) is 11.6 Å². The molecule has 1 fully saturated rings. The topological polar surface area (TPSA) is 99.9 Å². The minimum atomic E-state index is -3.62. The van der Waals surface area contributed by atoms with E-state index in [2.05, 4.69) is 15.5 Å². The largest absolute Gasteiger partial charge is 0.328 e. The van der Waals surface area contributed by atoms with Gasteiger partial charge in [-0.15, -0.1) is 10.2 Å². The van der Waals surface area contributed by atoms with Gasteiger partial charge >= 0.3 is 6.03 Å². The molecule has 3 aromatic rings. The molecule has 1 atom stereocenters. The number of rotatable bonds is 4. The number of pyridine rings is 1. The van der Waals surface area contributed by atoms with Crippen LogP contribution in [-0.2, 0) is 10.0 Å². The first-order valence-corrected chi connectivity index (χ1v) is 11.3. The standard InChI is InChI=1S/C19H21ClN6O3S/c1-14(18-23-22-17-4-2-3-9-26(17)18)21-19(27)24-10-12-25(13-11-24)30(28,29)16-7-5-15(20)6-8-16/h2-9,14H,10-13H2,1H3,(H,21,27).